The summed E-state index contributed by atoms with van der Waals surface area (Å²) in [6.07, 6.45) is 4.78. The van der Waals surface area contributed by atoms with Crippen LogP contribution in [-0.2, 0) is 15.0 Å². The van der Waals surface area contributed by atoms with Gasteiger partial charge in [0.1, 0.15) is 0 Å². The second-order valence-corrected chi connectivity index (χ2v) is 56.3. The van der Waals surface area contributed by atoms with E-state index in [0.717, 1.165) is 45.3 Å². The van der Waals surface area contributed by atoms with Gasteiger partial charge >= 0.3 is 364 Å². The Morgan fingerprint density at radius 2 is 0.883 bits per heavy atom. The first-order valence-corrected chi connectivity index (χ1v) is 36.3. The van der Waals surface area contributed by atoms with Crippen molar-refractivity contribution in [2.24, 2.45) is 0 Å². The molecule has 0 saturated carbocycles. The SMILES string of the molecule is Cc1cc(C2=Cc3c(ccc(C)c3-c3cccc4ccccc34)[CH]2[Zr]([Cl])([Cl])([CH]2C(c3cc(C)c(C)o3)=Cc3c2ccc(C)c3-c2cccc3ccccc23)=[Si](C)C)oc1C. The predicted molar refractivity (Wildman–Crippen MR) is 255 cm³/mol. The van der Waals surface area contributed by atoms with Crippen molar-refractivity contribution >= 4 is 67.3 Å². The number of benzene rings is 6. The third-order valence-electron chi connectivity index (χ3n) is 13.9. The molecule has 0 N–H and O–H groups in total. The van der Waals surface area contributed by atoms with Crippen LogP contribution in [0.5, 0.6) is 0 Å². The summed E-state index contributed by atoms with van der Waals surface area (Å²) in [5.41, 5.74) is 15.1. The molecule has 2 aliphatic rings. The van der Waals surface area contributed by atoms with Gasteiger partial charge in [-0.1, -0.05) is 0 Å². The van der Waals surface area contributed by atoms with Crippen LogP contribution in [0.3, 0.4) is 0 Å². The molecule has 0 aliphatic heterocycles. The summed E-state index contributed by atoms with van der Waals surface area (Å²) in [5.74, 6) is 3.53. The van der Waals surface area contributed by atoms with Crippen molar-refractivity contribution < 1.29 is 23.8 Å². The Balaban J connectivity index is 1.30. The maximum atomic E-state index is 9.10. The standard InChI is InChI=1S/2C26H21O.C2H6Si.2ClH.Zr/c2*1-16-11-12-20-14-21(25-13-17(2)18(3)27-25)15-24(20)26(16)23-10-6-8-19-7-4-5-9-22(19)23;1-3-2;;;/h2*4-15H,1-3H3;1-2H3;2*1H;/q;;;;;+2/p-2. The van der Waals surface area contributed by atoms with Crippen LogP contribution in [0.25, 0.3) is 67.1 Å². The fraction of sp³-hybridized carbons (Fsp3) is 0.185. The van der Waals surface area contributed by atoms with Gasteiger partial charge in [0.25, 0.3) is 0 Å². The molecule has 2 nitrogen and oxygen atoms in total. The van der Waals surface area contributed by atoms with E-state index in [-0.39, 0.29) is 7.25 Å². The van der Waals surface area contributed by atoms with Gasteiger partial charge in [0.15, 0.2) is 0 Å². The number of rotatable bonds is 6. The van der Waals surface area contributed by atoms with Gasteiger partial charge in [-0.2, -0.15) is 0 Å². The second kappa shape index (κ2) is 14.3. The molecule has 2 aliphatic carbocycles. The van der Waals surface area contributed by atoms with Gasteiger partial charge in [-0.15, -0.1) is 0 Å². The number of hydrogen-bond donors (Lipinski definition) is 0. The summed E-state index contributed by atoms with van der Waals surface area (Å²) in [4.78, 5) is 0. The summed E-state index contributed by atoms with van der Waals surface area (Å²) in [5, 5.41) is 4.89. The number of aryl methyl sites for hydroxylation is 6. The van der Waals surface area contributed by atoms with Gasteiger partial charge < -0.3 is 0 Å². The van der Waals surface area contributed by atoms with Gasteiger partial charge in [0.2, 0.25) is 0 Å². The third-order valence-corrected chi connectivity index (χ3v) is 60.1. The van der Waals surface area contributed by atoms with Gasteiger partial charge in [-0.3, -0.25) is 0 Å². The van der Waals surface area contributed by atoms with E-state index in [2.05, 4.69) is 188 Å². The van der Waals surface area contributed by atoms with Gasteiger partial charge in [0.05, 0.1) is 0 Å². The first-order valence-electron chi connectivity index (χ1n) is 21.0. The number of fused-ring (bicyclic) bond motifs is 4. The molecule has 0 fully saturated rings. The van der Waals surface area contributed by atoms with Crippen molar-refractivity contribution in [3.8, 4) is 22.3 Å². The van der Waals surface area contributed by atoms with E-state index in [0.29, 0.717) is 0 Å². The molecule has 0 amide bonds. The average molecular weight is 919 g/mol. The topological polar surface area (TPSA) is 26.3 Å². The van der Waals surface area contributed by atoms with Crippen LogP contribution in [0.15, 0.2) is 130 Å². The summed E-state index contributed by atoms with van der Waals surface area (Å²) in [7, 11) is 18.2. The third kappa shape index (κ3) is 5.81. The van der Waals surface area contributed by atoms with Crippen molar-refractivity contribution in [1.82, 2.24) is 0 Å². The number of halogens is 2. The van der Waals surface area contributed by atoms with E-state index in [1.807, 2.05) is 0 Å². The van der Waals surface area contributed by atoms with Crippen molar-refractivity contribution in [2.75, 3.05) is 0 Å². The normalized spacial score (nSPS) is 16.3. The molecule has 298 valence electrons. The van der Waals surface area contributed by atoms with Crippen molar-refractivity contribution in [3.05, 3.63) is 189 Å². The van der Waals surface area contributed by atoms with Crippen LogP contribution in [0.4, 0.5) is 0 Å². The number of furan rings is 2. The Labute approximate surface area is 361 Å². The van der Waals surface area contributed by atoms with Crippen LogP contribution in [-0.4, -0.2) is 5.43 Å². The first-order chi connectivity index (χ1) is 28.8. The second-order valence-electron chi connectivity index (χ2n) is 17.5. The molecule has 60 heavy (non-hydrogen) atoms. The van der Waals surface area contributed by atoms with Crippen LogP contribution in [0.1, 0.15) is 74.8 Å². The van der Waals surface area contributed by atoms with Gasteiger partial charge in [-0.25, -0.2) is 0 Å². The average Bonchev–Trinajstić information content (AvgIpc) is 4.00. The zero-order valence-corrected chi connectivity index (χ0v) is 40.4. The molecule has 2 aromatic heterocycles. The predicted octanol–water partition coefficient (Wildman–Crippen LogP) is 16.5. The quantitative estimate of drug-likeness (QED) is 0.155. The molecule has 10 rings (SSSR count). The number of allylic oxidation sites excluding steroid dienone is 2. The minimum absolute atomic E-state index is 0.258. The molecule has 2 unspecified atom stereocenters. The van der Waals surface area contributed by atoms with E-state index in [9.17, 15) is 0 Å². The summed E-state index contributed by atoms with van der Waals surface area (Å²) < 4.78 is 13.0. The molecule has 0 bridgehead atoms. The first kappa shape index (κ1) is 39.7. The summed E-state index contributed by atoms with van der Waals surface area (Å²) in [6, 6.07) is 44.3. The molecule has 0 radical (unpaired) electrons. The monoisotopic (exact) mass is 916 g/mol. The van der Waals surface area contributed by atoms with E-state index < -0.39 is 20.4 Å². The molecule has 6 heteroatoms. The Morgan fingerprint density at radius 3 is 1.27 bits per heavy atom. The fourth-order valence-corrected chi connectivity index (χ4v) is 38.1. The molecule has 0 saturated heterocycles. The van der Waals surface area contributed by atoms with Crippen molar-refractivity contribution in [3.63, 3.8) is 0 Å². The zero-order chi connectivity index (χ0) is 41.9. The van der Waals surface area contributed by atoms with E-state index in [1.165, 1.54) is 77.2 Å². The Bertz CT molecular complexity index is 3020. The van der Waals surface area contributed by atoms with Crippen LogP contribution in [0.2, 0.25) is 13.1 Å². The number of hydrogen-bond acceptors (Lipinski definition) is 2. The van der Waals surface area contributed by atoms with E-state index in [1.54, 1.807) is 0 Å². The Kier molecular flexibility index (Phi) is 9.47. The summed E-state index contributed by atoms with van der Waals surface area (Å²) in [6.45, 7) is 17.6. The van der Waals surface area contributed by atoms with E-state index >= 15 is 0 Å². The fourth-order valence-electron chi connectivity index (χ4n) is 10.5. The van der Waals surface area contributed by atoms with Crippen LogP contribution >= 0.6 is 17.0 Å². The molecule has 6 aromatic carbocycles. The van der Waals surface area contributed by atoms with Gasteiger partial charge in [-0.05, 0) is 0 Å². The zero-order valence-electron chi connectivity index (χ0n) is 35.4. The molecule has 2 heterocycles. The van der Waals surface area contributed by atoms with Gasteiger partial charge in [0, 0.05) is 0 Å². The van der Waals surface area contributed by atoms with Crippen LogP contribution < -0.4 is 0 Å². The minimum atomic E-state index is -5.49. The summed E-state index contributed by atoms with van der Waals surface area (Å²) >= 11 is -5.49. The van der Waals surface area contributed by atoms with Crippen molar-refractivity contribution in [2.45, 2.75) is 61.9 Å². The molecule has 0 spiro atoms. The molecular formula is C54H48Cl2O2SiZr. The Hall–Kier alpha value is -4.44. The van der Waals surface area contributed by atoms with E-state index in [4.69, 9.17) is 25.9 Å². The molecular weight excluding hydrogens is 871 g/mol. The Morgan fingerprint density at radius 1 is 0.483 bits per heavy atom. The van der Waals surface area contributed by atoms with Crippen LogP contribution in [0, 0.1) is 41.5 Å². The molecule has 2 atom stereocenters. The molecule has 8 aromatic rings. The van der Waals surface area contributed by atoms with Crippen molar-refractivity contribution in [1.29, 1.82) is 0 Å². The maximum absolute atomic E-state index is 9.10.